The molecule has 2 fully saturated rings. The highest BCUT2D eigenvalue weighted by Gasteiger charge is 2.45. The van der Waals surface area contributed by atoms with Crippen molar-refractivity contribution in [3.8, 4) is 0 Å². The number of rotatable bonds is 3. The third kappa shape index (κ3) is 3.31. The molecule has 1 N–H and O–H groups in total. The molecule has 0 bridgehead atoms. The summed E-state index contributed by atoms with van der Waals surface area (Å²) in [6, 6.07) is 2.31. The van der Waals surface area contributed by atoms with Gasteiger partial charge < -0.3 is 14.9 Å². The summed E-state index contributed by atoms with van der Waals surface area (Å²) in [4.78, 5) is 18.7. The molecule has 2 aromatic heterocycles. The van der Waals surface area contributed by atoms with Crippen molar-refractivity contribution >= 4 is 29.2 Å². The van der Waals surface area contributed by atoms with Crippen LogP contribution in [-0.4, -0.2) is 44.8 Å². The smallest absolute Gasteiger partial charge is 0.137 e. The van der Waals surface area contributed by atoms with E-state index in [4.69, 9.17) is 16.6 Å². The van der Waals surface area contributed by atoms with E-state index in [2.05, 4.69) is 38.8 Å². The van der Waals surface area contributed by atoms with Gasteiger partial charge in [0.1, 0.15) is 17.3 Å². The standard InChI is InChI=1S/C24H28ClN5O/c1-15-11-20-18(13-30(15)21-12-22(25)28-19-4-2-3-17(19)21)23(27-14-26-20)29-9-7-24(31,8-10-29)16-5-6-16/h2-3,12,14-16,31H,4-11,13H2,1H3/t15-/m1/s1. The second-order valence-electron chi connectivity index (χ2n) is 9.60. The molecule has 1 saturated carbocycles. The van der Waals surface area contributed by atoms with E-state index < -0.39 is 5.60 Å². The van der Waals surface area contributed by atoms with Crippen LogP contribution in [0.4, 0.5) is 11.5 Å². The van der Waals surface area contributed by atoms with E-state index in [1.54, 1.807) is 6.33 Å². The van der Waals surface area contributed by atoms with Gasteiger partial charge in [-0.2, -0.15) is 0 Å². The molecule has 31 heavy (non-hydrogen) atoms. The Kier molecular flexibility index (Phi) is 4.51. The Hall–Kier alpha value is -2.18. The Morgan fingerprint density at radius 1 is 1.16 bits per heavy atom. The first kappa shape index (κ1) is 19.5. The van der Waals surface area contributed by atoms with Gasteiger partial charge in [-0.3, -0.25) is 0 Å². The lowest BCUT2D eigenvalue weighted by atomic mass is 9.86. The van der Waals surface area contributed by atoms with Crippen LogP contribution in [0, 0.1) is 5.92 Å². The summed E-state index contributed by atoms with van der Waals surface area (Å²) in [5, 5.41) is 11.5. The Balaban J connectivity index is 1.32. The highest BCUT2D eigenvalue weighted by molar-refractivity contribution is 6.29. The second-order valence-corrected chi connectivity index (χ2v) is 9.99. The molecule has 4 aliphatic rings. The Morgan fingerprint density at radius 2 is 1.97 bits per heavy atom. The monoisotopic (exact) mass is 437 g/mol. The number of aromatic nitrogens is 3. The van der Waals surface area contributed by atoms with Crippen LogP contribution in [0.2, 0.25) is 5.15 Å². The topological polar surface area (TPSA) is 65.4 Å². The molecule has 2 aromatic rings. The lowest BCUT2D eigenvalue weighted by molar-refractivity contribution is -0.00544. The molecular weight excluding hydrogens is 410 g/mol. The molecule has 162 valence electrons. The molecule has 0 radical (unpaired) electrons. The molecule has 2 aliphatic heterocycles. The minimum Gasteiger partial charge on any atom is -0.389 e. The minimum atomic E-state index is -0.467. The molecule has 0 spiro atoms. The molecule has 1 atom stereocenters. The number of anilines is 2. The molecule has 0 aromatic carbocycles. The summed E-state index contributed by atoms with van der Waals surface area (Å²) in [6.07, 6.45) is 11.8. The SMILES string of the molecule is C[C@@H]1Cc2ncnc(N3CCC(O)(C4CC4)CC3)c2CN1c1cc(Cl)nc2c1C=CC2. The molecule has 6 rings (SSSR count). The summed E-state index contributed by atoms with van der Waals surface area (Å²) >= 11 is 6.38. The van der Waals surface area contributed by atoms with Crippen LogP contribution < -0.4 is 9.80 Å². The molecule has 7 heteroatoms. The number of hydrogen-bond acceptors (Lipinski definition) is 6. The summed E-state index contributed by atoms with van der Waals surface area (Å²) in [6.45, 7) is 4.72. The van der Waals surface area contributed by atoms with Crippen molar-refractivity contribution in [1.82, 2.24) is 15.0 Å². The molecule has 1 saturated heterocycles. The Bertz CT molecular complexity index is 1060. The van der Waals surface area contributed by atoms with Crippen molar-refractivity contribution in [3.05, 3.63) is 46.1 Å². The number of halogens is 1. The van der Waals surface area contributed by atoms with Gasteiger partial charge in [0.15, 0.2) is 0 Å². The first-order valence-electron chi connectivity index (χ1n) is 11.4. The van der Waals surface area contributed by atoms with Gasteiger partial charge in [0, 0.05) is 55.3 Å². The summed E-state index contributed by atoms with van der Waals surface area (Å²) in [5.41, 5.74) is 5.28. The predicted octanol–water partition coefficient (Wildman–Crippen LogP) is 3.79. The summed E-state index contributed by atoms with van der Waals surface area (Å²) in [5.74, 6) is 1.55. The van der Waals surface area contributed by atoms with Gasteiger partial charge >= 0.3 is 0 Å². The number of piperidine rings is 1. The zero-order valence-electron chi connectivity index (χ0n) is 17.9. The highest BCUT2D eigenvalue weighted by atomic mass is 35.5. The second kappa shape index (κ2) is 7.17. The number of aliphatic hydroxyl groups is 1. The maximum absolute atomic E-state index is 11.0. The van der Waals surface area contributed by atoms with Crippen molar-refractivity contribution in [2.45, 2.75) is 63.6 Å². The van der Waals surface area contributed by atoms with E-state index in [1.165, 1.54) is 24.0 Å². The van der Waals surface area contributed by atoms with E-state index >= 15 is 0 Å². The quantitative estimate of drug-likeness (QED) is 0.737. The molecule has 0 amide bonds. The average molecular weight is 438 g/mol. The molecular formula is C24H28ClN5O. The van der Waals surface area contributed by atoms with Gasteiger partial charge in [-0.1, -0.05) is 23.8 Å². The molecule has 0 unspecified atom stereocenters. The van der Waals surface area contributed by atoms with Crippen LogP contribution in [0.3, 0.4) is 0 Å². The van der Waals surface area contributed by atoms with E-state index in [-0.39, 0.29) is 0 Å². The third-order valence-electron chi connectivity index (χ3n) is 7.62. The van der Waals surface area contributed by atoms with Crippen molar-refractivity contribution in [2.24, 2.45) is 5.92 Å². The van der Waals surface area contributed by atoms with Crippen LogP contribution in [-0.2, 0) is 19.4 Å². The highest BCUT2D eigenvalue weighted by Crippen LogP contribution is 2.46. The first-order chi connectivity index (χ1) is 15.0. The van der Waals surface area contributed by atoms with E-state index in [0.29, 0.717) is 17.1 Å². The Morgan fingerprint density at radius 3 is 2.74 bits per heavy atom. The number of allylic oxidation sites excluding steroid dienone is 1. The van der Waals surface area contributed by atoms with Gasteiger partial charge in [0.2, 0.25) is 0 Å². The normalized spacial score (nSPS) is 24.3. The van der Waals surface area contributed by atoms with Gasteiger partial charge in [-0.25, -0.2) is 15.0 Å². The number of pyridine rings is 1. The number of hydrogen-bond donors (Lipinski definition) is 1. The van der Waals surface area contributed by atoms with Crippen LogP contribution in [0.25, 0.3) is 6.08 Å². The zero-order valence-corrected chi connectivity index (χ0v) is 18.6. The molecule has 6 nitrogen and oxygen atoms in total. The first-order valence-corrected chi connectivity index (χ1v) is 11.8. The van der Waals surface area contributed by atoms with Crippen molar-refractivity contribution < 1.29 is 5.11 Å². The van der Waals surface area contributed by atoms with E-state index in [9.17, 15) is 5.11 Å². The van der Waals surface area contributed by atoms with Crippen LogP contribution in [0.1, 0.15) is 55.1 Å². The predicted molar refractivity (Wildman–Crippen MR) is 122 cm³/mol. The summed E-state index contributed by atoms with van der Waals surface area (Å²) in [7, 11) is 0. The van der Waals surface area contributed by atoms with Crippen LogP contribution >= 0.6 is 11.6 Å². The number of fused-ring (bicyclic) bond motifs is 2. The zero-order chi connectivity index (χ0) is 21.2. The fourth-order valence-electron chi connectivity index (χ4n) is 5.65. The fourth-order valence-corrected chi connectivity index (χ4v) is 5.85. The maximum atomic E-state index is 11.0. The minimum absolute atomic E-state index is 0.313. The van der Waals surface area contributed by atoms with Crippen molar-refractivity contribution in [2.75, 3.05) is 22.9 Å². The fraction of sp³-hybridized carbons (Fsp3) is 0.542. The molecule has 2 aliphatic carbocycles. The van der Waals surface area contributed by atoms with E-state index in [0.717, 1.165) is 68.2 Å². The average Bonchev–Trinajstić information content (AvgIpc) is 3.52. The van der Waals surface area contributed by atoms with Crippen LogP contribution in [0.5, 0.6) is 0 Å². The lowest BCUT2D eigenvalue weighted by Crippen LogP contribution is -2.47. The van der Waals surface area contributed by atoms with Gasteiger partial charge in [-0.15, -0.1) is 0 Å². The Labute approximate surface area is 188 Å². The maximum Gasteiger partial charge on any atom is 0.137 e. The van der Waals surface area contributed by atoms with Gasteiger partial charge in [-0.05, 0) is 44.6 Å². The van der Waals surface area contributed by atoms with Gasteiger partial charge in [0.05, 0.1) is 17.0 Å². The van der Waals surface area contributed by atoms with Crippen LogP contribution in [0.15, 0.2) is 18.5 Å². The molecule has 4 heterocycles. The van der Waals surface area contributed by atoms with Gasteiger partial charge in [0.25, 0.3) is 0 Å². The van der Waals surface area contributed by atoms with Crippen molar-refractivity contribution in [1.29, 1.82) is 0 Å². The summed E-state index contributed by atoms with van der Waals surface area (Å²) < 4.78 is 0. The lowest BCUT2D eigenvalue weighted by Gasteiger charge is -2.42. The van der Waals surface area contributed by atoms with E-state index in [1.807, 2.05) is 6.07 Å². The number of nitrogens with zero attached hydrogens (tertiary/aromatic N) is 5. The van der Waals surface area contributed by atoms with Crippen molar-refractivity contribution in [3.63, 3.8) is 0 Å². The third-order valence-corrected chi connectivity index (χ3v) is 7.81. The largest absolute Gasteiger partial charge is 0.389 e.